The van der Waals surface area contributed by atoms with Crippen LogP contribution in [0.4, 0.5) is 0 Å². The van der Waals surface area contributed by atoms with Gasteiger partial charge < -0.3 is 47.7 Å². The highest BCUT2D eigenvalue weighted by Crippen LogP contribution is 2.31. The Labute approximate surface area is 282 Å². The maximum Gasteiger partial charge on any atom is 0.184 e. The third-order valence-corrected chi connectivity index (χ3v) is 8.12. The van der Waals surface area contributed by atoms with Crippen LogP contribution in [0.3, 0.4) is 0 Å². The van der Waals surface area contributed by atoms with Crippen molar-refractivity contribution in [3.05, 3.63) is 119 Å². The van der Waals surface area contributed by atoms with Gasteiger partial charge in [-0.2, -0.15) is 0 Å². The summed E-state index contributed by atoms with van der Waals surface area (Å²) in [7, 11) is 6.50. The van der Waals surface area contributed by atoms with Gasteiger partial charge in [0.25, 0.3) is 0 Å². The summed E-state index contributed by atoms with van der Waals surface area (Å²) >= 11 is 0. The molecule has 1 aliphatic heterocycles. The summed E-state index contributed by atoms with van der Waals surface area (Å²) in [5, 5.41) is 11.4. The van der Waals surface area contributed by atoms with Crippen molar-refractivity contribution in [2.75, 3.05) is 35.0 Å². The number of ether oxygens (including phenoxy) is 9. The largest absolute Gasteiger partial charge is 0.497 e. The number of aliphatic hydroxyl groups excluding tert-OH is 1. The van der Waals surface area contributed by atoms with Gasteiger partial charge in [0.1, 0.15) is 47.4 Å². The quantitative estimate of drug-likeness (QED) is 0.152. The van der Waals surface area contributed by atoms with E-state index in [0.717, 1.165) is 45.3 Å². The molecule has 0 bridgehead atoms. The molecule has 10 nitrogen and oxygen atoms in total. The van der Waals surface area contributed by atoms with Crippen LogP contribution in [0.1, 0.15) is 22.3 Å². The number of rotatable bonds is 17. The van der Waals surface area contributed by atoms with E-state index in [0.29, 0.717) is 6.61 Å². The molecule has 1 saturated heterocycles. The van der Waals surface area contributed by atoms with Crippen LogP contribution in [0.15, 0.2) is 97.1 Å². The van der Waals surface area contributed by atoms with Gasteiger partial charge in [-0.25, -0.2) is 0 Å². The van der Waals surface area contributed by atoms with E-state index in [4.69, 9.17) is 42.6 Å². The minimum Gasteiger partial charge on any atom is -0.497 e. The first-order valence-corrected chi connectivity index (χ1v) is 15.8. The molecule has 5 rings (SSSR count). The SMILES string of the molecule is COc1ccc(COCC2O[C@@H](O)C(OCc3ccc(OC)cc3)[C@@H](OCc3ccc(OC)cc3)[C@@H]2OCc2ccc(OC)cc2)cc1. The second-order valence-corrected chi connectivity index (χ2v) is 11.3. The van der Waals surface area contributed by atoms with Gasteiger partial charge in [-0.1, -0.05) is 48.5 Å². The molecule has 2 unspecified atom stereocenters. The number of benzene rings is 4. The van der Waals surface area contributed by atoms with Crippen molar-refractivity contribution in [3.63, 3.8) is 0 Å². The van der Waals surface area contributed by atoms with E-state index < -0.39 is 30.7 Å². The molecule has 0 spiro atoms. The van der Waals surface area contributed by atoms with Crippen LogP contribution in [0.5, 0.6) is 23.0 Å². The summed E-state index contributed by atoms with van der Waals surface area (Å²) < 4.78 is 53.0. The molecule has 1 fully saturated rings. The van der Waals surface area contributed by atoms with Gasteiger partial charge in [-0.3, -0.25) is 0 Å². The molecule has 0 saturated carbocycles. The summed E-state index contributed by atoms with van der Waals surface area (Å²) in [4.78, 5) is 0. The Morgan fingerprint density at radius 3 is 1.17 bits per heavy atom. The molecule has 10 heteroatoms. The number of methoxy groups -OCH3 is 4. The molecule has 4 aromatic rings. The Kier molecular flexibility index (Phi) is 13.1. The van der Waals surface area contributed by atoms with Crippen molar-refractivity contribution in [3.8, 4) is 23.0 Å². The predicted octanol–water partition coefficient (Wildman–Crippen LogP) is 5.71. The Hall–Kier alpha value is -4.16. The van der Waals surface area contributed by atoms with Crippen molar-refractivity contribution < 1.29 is 47.7 Å². The third-order valence-electron chi connectivity index (χ3n) is 8.12. The minimum atomic E-state index is -1.31. The lowest BCUT2D eigenvalue weighted by molar-refractivity contribution is -0.317. The van der Waals surface area contributed by atoms with Crippen molar-refractivity contribution in [1.29, 1.82) is 0 Å². The van der Waals surface area contributed by atoms with E-state index in [1.165, 1.54) is 0 Å². The number of hydrogen-bond donors (Lipinski definition) is 1. The zero-order valence-corrected chi connectivity index (χ0v) is 27.8. The zero-order valence-electron chi connectivity index (χ0n) is 27.8. The summed E-state index contributed by atoms with van der Waals surface area (Å²) in [5.74, 6) is 3.00. The highest BCUT2D eigenvalue weighted by atomic mass is 16.7. The van der Waals surface area contributed by atoms with Gasteiger partial charge in [0.05, 0.1) is 61.5 Å². The van der Waals surface area contributed by atoms with Crippen molar-refractivity contribution in [2.24, 2.45) is 0 Å². The molecular formula is C38H44O10. The average Bonchev–Trinajstić information content (AvgIpc) is 3.14. The molecule has 0 radical (unpaired) electrons. The Balaban J connectivity index is 1.37. The second-order valence-electron chi connectivity index (χ2n) is 11.3. The van der Waals surface area contributed by atoms with Gasteiger partial charge in [0.15, 0.2) is 6.29 Å². The van der Waals surface area contributed by atoms with Gasteiger partial charge in [0.2, 0.25) is 0 Å². The molecule has 1 N–H and O–H groups in total. The van der Waals surface area contributed by atoms with E-state index in [1.807, 2.05) is 97.1 Å². The minimum absolute atomic E-state index is 0.143. The van der Waals surface area contributed by atoms with E-state index in [2.05, 4.69) is 0 Å². The molecule has 48 heavy (non-hydrogen) atoms. The lowest BCUT2D eigenvalue weighted by Crippen LogP contribution is -2.61. The maximum absolute atomic E-state index is 11.4. The Morgan fingerprint density at radius 2 is 0.792 bits per heavy atom. The monoisotopic (exact) mass is 660 g/mol. The Morgan fingerprint density at radius 1 is 0.458 bits per heavy atom. The fourth-order valence-electron chi connectivity index (χ4n) is 5.36. The van der Waals surface area contributed by atoms with E-state index in [-0.39, 0.29) is 26.4 Å². The highest BCUT2D eigenvalue weighted by Gasteiger charge is 2.48. The first kappa shape index (κ1) is 35.2. The number of aliphatic hydroxyl groups is 1. The Bertz CT molecular complexity index is 1490. The topological polar surface area (TPSA) is 103 Å². The van der Waals surface area contributed by atoms with Crippen LogP contribution >= 0.6 is 0 Å². The van der Waals surface area contributed by atoms with Crippen LogP contribution in [0.25, 0.3) is 0 Å². The van der Waals surface area contributed by atoms with Crippen molar-refractivity contribution >= 4 is 0 Å². The van der Waals surface area contributed by atoms with Crippen LogP contribution < -0.4 is 18.9 Å². The molecule has 1 aliphatic rings. The molecule has 0 aromatic heterocycles. The van der Waals surface area contributed by atoms with Gasteiger partial charge in [-0.05, 0) is 70.8 Å². The summed E-state index contributed by atoms with van der Waals surface area (Å²) in [6.07, 6.45) is -4.23. The predicted molar refractivity (Wildman–Crippen MR) is 178 cm³/mol. The molecule has 0 amide bonds. The maximum atomic E-state index is 11.4. The van der Waals surface area contributed by atoms with E-state index in [1.54, 1.807) is 28.4 Å². The average molecular weight is 661 g/mol. The van der Waals surface area contributed by atoms with Gasteiger partial charge >= 0.3 is 0 Å². The third kappa shape index (κ3) is 9.70. The van der Waals surface area contributed by atoms with Crippen molar-refractivity contribution in [2.45, 2.75) is 57.1 Å². The van der Waals surface area contributed by atoms with Gasteiger partial charge in [-0.15, -0.1) is 0 Å². The summed E-state index contributed by atoms with van der Waals surface area (Å²) in [6.45, 7) is 1.19. The van der Waals surface area contributed by atoms with Crippen LogP contribution in [0.2, 0.25) is 0 Å². The normalized spacial score (nSPS) is 20.6. The van der Waals surface area contributed by atoms with Crippen molar-refractivity contribution in [1.82, 2.24) is 0 Å². The fourth-order valence-corrected chi connectivity index (χ4v) is 5.36. The smallest absolute Gasteiger partial charge is 0.184 e. The second kappa shape index (κ2) is 17.8. The van der Waals surface area contributed by atoms with Crippen LogP contribution in [-0.4, -0.2) is 70.9 Å². The first-order valence-electron chi connectivity index (χ1n) is 15.8. The summed E-state index contributed by atoms with van der Waals surface area (Å²) in [5.41, 5.74) is 3.73. The molecular weight excluding hydrogens is 616 g/mol. The van der Waals surface area contributed by atoms with Gasteiger partial charge in [0, 0.05) is 0 Å². The highest BCUT2D eigenvalue weighted by molar-refractivity contribution is 5.29. The van der Waals surface area contributed by atoms with E-state index >= 15 is 0 Å². The molecule has 5 atom stereocenters. The molecule has 4 aromatic carbocycles. The molecule has 1 heterocycles. The first-order chi connectivity index (χ1) is 23.5. The molecule has 0 aliphatic carbocycles. The lowest BCUT2D eigenvalue weighted by Gasteiger charge is -2.44. The van der Waals surface area contributed by atoms with Crippen LogP contribution in [-0.2, 0) is 50.1 Å². The lowest BCUT2D eigenvalue weighted by atomic mass is 9.98. The number of hydrogen-bond acceptors (Lipinski definition) is 10. The summed E-state index contributed by atoms with van der Waals surface area (Å²) in [6, 6.07) is 30.5. The van der Waals surface area contributed by atoms with E-state index in [9.17, 15) is 5.11 Å². The fraction of sp³-hybridized carbons (Fsp3) is 0.368. The van der Waals surface area contributed by atoms with Crippen LogP contribution in [0, 0.1) is 0 Å². The molecule has 256 valence electrons. The zero-order chi connectivity index (χ0) is 33.7. The standard InChI is InChI=1S/C38H44O10/c1-40-30-13-5-26(6-14-30)21-44-25-34-35(45-22-27-7-15-31(41-2)16-8-27)36(46-23-28-9-17-32(42-3)18-10-28)37(38(39)48-34)47-24-29-11-19-33(43-4)20-12-29/h5-20,34-39H,21-25H2,1-4H3/t34?,35-,36+,37?,38-/m1/s1.